The van der Waals surface area contributed by atoms with Crippen molar-refractivity contribution in [2.75, 3.05) is 27.3 Å². The number of benzene rings is 2. The highest BCUT2D eigenvalue weighted by Gasteiger charge is 2.20. The highest BCUT2D eigenvalue weighted by molar-refractivity contribution is 9.10. The SMILES string of the molecule is CCCCN(C)S(=O)(=O)c1ccc(C(=O)N=c2sc3cc(Br)ccc3n2CCOC)cc1. The van der Waals surface area contributed by atoms with Crippen molar-refractivity contribution in [2.24, 2.45) is 4.99 Å². The van der Waals surface area contributed by atoms with Gasteiger partial charge in [-0.2, -0.15) is 4.99 Å². The van der Waals surface area contributed by atoms with Crippen LogP contribution in [0.1, 0.15) is 30.1 Å². The van der Waals surface area contributed by atoms with E-state index in [1.807, 2.05) is 29.7 Å². The molecule has 0 saturated heterocycles. The second-order valence-corrected chi connectivity index (χ2v) is 11.2. The van der Waals surface area contributed by atoms with Crippen LogP contribution in [0.25, 0.3) is 10.2 Å². The molecule has 0 fully saturated rings. The van der Waals surface area contributed by atoms with E-state index in [-0.39, 0.29) is 4.90 Å². The third kappa shape index (κ3) is 5.55. The van der Waals surface area contributed by atoms with Crippen molar-refractivity contribution in [1.29, 1.82) is 0 Å². The second kappa shape index (κ2) is 10.8. The lowest BCUT2D eigenvalue weighted by Gasteiger charge is -2.16. The van der Waals surface area contributed by atoms with E-state index in [0.29, 0.717) is 30.1 Å². The molecule has 0 saturated carbocycles. The number of nitrogens with zero attached hydrogens (tertiary/aromatic N) is 3. The van der Waals surface area contributed by atoms with E-state index in [9.17, 15) is 13.2 Å². The minimum Gasteiger partial charge on any atom is -0.383 e. The van der Waals surface area contributed by atoms with Crippen molar-refractivity contribution in [1.82, 2.24) is 8.87 Å². The van der Waals surface area contributed by atoms with E-state index >= 15 is 0 Å². The van der Waals surface area contributed by atoms with Crippen LogP contribution in [0.4, 0.5) is 0 Å². The molecule has 0 spiro atoms. The molecule has 172 valence electrons. The van der Waals surface area contributed by atoms with Crippen molar-refractivity contribution in [3.05, 3.63) is 57.3 Å². The quantitative estimate of drug-likeness (QED) is 0.406. The van der Waals surface area contributed by atoms with Crippen LogP contribution in [0, 0.1) is 0 Å². The minimum absolute atomic E-state index is 0.162. The molecule has 1 amide bonds. The largest absolute Gasteiger partial charge is 0.383 e. The molecule has 0 aliphatic rings. The van der Waals surface area contributed by atoms with E-state index in [1.54, 1.807) is 14.2 Å². The standard InChI is InChI=1S/C22H26BrN3O4S2/c1-4-5-12-25(2)32(28,29)18-9-6-16(7-10-18)21(27)24-22-26(13-14-30-3)19-11-8-17(23)15-20(19)31-22/h6-11,15H,4-5,12-14H2,1-3H3. The van der Waals surface area contributed by atoms with Crippen LogP contribution in [0.15, 0.2) is 56.8 Å². The third-order valence-electron chi connectivity index (χ3n) is 5.00. The Labute approximate surface area is 200 Å². The third-order valence-corrected chi connectivity index (χ3v) is 8.40. The fourth-order valence-electron chi connectivity index (χ4n) is 3.13. The zero-order valence-corrected chi connectivity index (χ0v) is 21.5. The highest BCUT2D eigenvalue weighted by Crippen LogP contribution is 2.22. The Morgan fingerprint density at radius 2 is 1.94 bits per heavy atom. The maximum absolute atomic E-state index is 12.8. The molecule has 0 N–H and O–H groups in total. The number of fused-ring (bicyclic) bond motifs is 1. The van der Waals surface area contributed by atoms with Crippen LogP contribution in [-0.4, -0.2) is 50.5 Å². The maximum atomic E-state index is 12.8. The van der Waals surface area contributed by atoms with Gasteiger partial charge in [-0.3, -0.25) is 4.79 Å². The zero-order valence-electron chi connectivity index (χ0n) is 18.2. The number of halogens is 1. The van der Waals surface area contributed by atoms with Crippen molar-refractivity contribution >= 4 is 53.4 Å². The number of amides is 1. The molecular weight excluding hydrogens is 514 g/mol. The number of aromatic nitrogens is 1. The highest BCUT2D eigenvalue weighted by atomic mass is 79.9. The molecule has 32 heavy (non-hydrogen) atoms. The molecule has 2 aromatic carbocycles. The van der Waals surface area contributed by atoms with E-state index in [1.165, 1.54) is 39.9 Å². The number of carbonyl (C=O) groups excluding carboxylic acids is 1. The van der Waals surface area contributed by atoms with Crippen LogP contribution in [0.3, 0.4) is 0 Å². The molecule has 1 heterocycles. The molecular formula is C22H26BrN3O4S2. The summed E-state index contributed by atoms with van der Waals surface area (Å²) in [6, 6.07) is 11.8. The minimum atomic E-state index is -3.58. The van der Waals surface area contributed by atoms with Gasteiger partial charge < -0.3 is 9.30 Å². The topological polar surface area (TPSA) is 81.0 Å². The lowest BCUT2D eigenvalue weighted by Crippen LogP contribution is -2.27. The van der Waals surface area contributed by atoms with Crippen LogP contribution >= 0.6 is 27.3 Å². The zero-order chi connectivity index (χ0) is 23.3. The average Bonchev–Trinajstić information content (AvgIpc) is 3.11. The Bertz CT molecular complexity index is 1260. The second-order valence-electron chi connectivity index (χ2n) is 7.26. The van der Waals surface area contributed by atoms with Crippen molar-refractivity contribution in [2.45, 2.75) is 31.2 Å². The number of unbranched alkanes of at least 4 members (excludes halogenated alkanes) is 1. The molecule has 10 heteroatoms. The van der Waals surface area contributed by atoms with Gasteiger partial charge in [0.2, 0.25) is 10.0 Å². The molecule has 0 aliphatic carbocycles. The summed E-state index contributed by atoms with van der Waals surface area (Å²) in [6.45, 7) is 3.52. The van der Waals surface area contributed by atoms with Gasteiger partial charge in [0.1, 0.15) is 0 Å². The Morgan fingerprint density at radius 1 is 1.22 bits per heavy atom. The molecule has 0 atom stereocenters. The van der Waals surface area contributed by atoms with Crippen LogP contribution < -0.4 is 4.80 Å². The van der Waals surface area contributed by atoms with Crippen molar-refractivity contribution in [3.63, 3.8) is 0 Å². The van der Waals surface area contributed by atoms with Gasteiger partial charge >= 0.3 is 0 Å². The lowest BCUT2D eigenvalue weighted by atomic mass is 10.2. The van der Waals surface area contributed by atoms with Crippen LogP contribution in [0.2, 0.25) is 0 Å². The number of hydrogen-bond donors (Lipinski definition) is 0. The Balaban J connectivity index is 1.92. The molecule has 0 unspecified atom stereocenters. The fraction of sp³-hybridized carbons (Fsp3) is 0.364. The molecule has 0 bridgehead atoms. The van der Waals surface area contributed by atoms with Gasteiger partial charge in [0.15, 0.2) is 4.80 Å². The number of rotatable bonds is 9. The molecule has 0 radical (unpaired) electrons. The fourth-order valence-corrected chi connectivity index (χ4v) is 5.95. The normalized spacial score (nSPS) is 12.7. The van der Waals surface area contributed by atoms with E-state index < -0.39 is 15.9 Å². The summed E-state index contributed by atoms with van der Waals surface area (Å²) in [5, 5.41) is 0. The number of hydrogen-bond acceptors (Lipinski definition) is 5. The van der Waals surface area contributed by atoms with Gasteiger partial charge in [-0.25, -0.2) is 12.7 Å². The van der Waals surface area contributed by atoms with Gasteiger partial charge in [0.25, 0.3) is 5.91 Å². The van der Waals surface area contributed by atoms with Crippen molar-refractivity contribution in [3.8, 4) is 0 Å². The van der Waals surface area contributed by atoms with E-state index in [2.05, 4.69) is 20.9 Å². The molecule has 7 nitrogen and oxygen atoms in total. The number of thiazole rings is 1. The first-order valence-corrected chi connectivity index (χ1v) is 13.3. The predicted molar refractivity (Wildman–Crippen MR) is 130 cm³/mol. The number of methoxy groups -OCH3 is 1. The Morgan fingerprint density at radius 3 is 2.59 bits per heavy atom. The Kier molecular flexibility index (Phi) is 8.40. The summed E-state index contributed by atoms with van der Waals surface area (Å²) < 4.78 is 35.8. The first-order valence-electron chi connectivity index (χ1n) is 10.2. The smallest absolute Gasteiger partial charge is 0.279 e. The summed E-state index contributed by atoms with van der Waals surface area (Å²) in [6.07, 6.45) is 1.70. The monoisotopic (exact) mass is 539 g/mol. The van der Waals surface area contributed by atoms with Gasteiger partial charge in [-0.05, 0) is 48.9 Å². The van der Waals surface area contributed by atoms with Gasteiger partial charge in [0, 0.05) is 37.3 Å². The first-order chi connectivity index (χ1) is 15.3. The number of carbonyl (C=O) groups is 1. The summed E-state index contributed by atoms with van der Waals surface area (Å²) in [7, 11) is -0.385. The van der Waals surface area contributed by atoms with Gasteiger partial charge in [-0.1, -0.05) is 40.6 Å². The van der Waals surface area contributed by atoms with Gasteiger partial charge in [-0.15, -0.1) is 0 Å². The molecule has 1 aromatic heterocycles. The summed E-state index contributed by atoms with van der Waals surface area (Å²) >= 11 is 4.89. The Hall–Kier alpha value is -1.85. The van der Waals surface area contributed by atoms with Gasteiger partial charge in [0.05, 0.1) is 21.7 Å². The summed E-state index contributed by atoms with van der Waals surface area (Å²) in [5.74, 6) is -0.426. The number of ether oxygens (including phenoxy) is 1. The van der Waals surface area contributed by atoms with Crippen molar-refractivity contribution < 1.29 is 17.9 Å². The summed E-state index contributed by atoms with van der Waals surface area (Å²) in [4.78, 5) is 17.9. The molecule has 3 aromatic rings. The molecule has 0 aliphatic heterocycles. The number of sulfonamides is 1. The van der Waals surface area contributed by atoms with Crippen LogP contribution in [-0.2, 0) is 21.3 Å². The van der Waals surface area contributed by atoms with E-state index in [0.717, 1.165) is 27.5 Å². The molecule has 3 rings (SSSR count). The average molecular weight is 541 g/mol. The summed E-state index contributed by atoms with van der Waals surface area (Å²) in [5.41, 5.74) is 1.30. The van der Waals surface area contributed by atoms with E-state index in [4.69, 9.17) is 4.74 Å². The predicted octanol–water partition coefficient (Wildman–Crippen LogP) is 4.27. The maximum Gasteiger partial charge on any atom is 0.279 e. The van der Waals surface area contributed by atoms with Crippen LogP contribution in [0.5, 0.6) is 0 Å². The first kappa shape index (κ1) is 24.8. The lowest BCUT2D eigenvalue weighted by molar-refractivity contribution is 0.0997.